The molecule has 6 nitrogen and oxygen atoms in total. The second kappa shape index (κ2) is 5.83. The third-order valence-corrected chi connectivity index (χ3v) is 2.68. The summed E-state index contributed by atoms with van der Waals surface area (Å²) in [6.07, 6.45) is 1.54. The summed E-state index contributed by atoms with van der Waals surface area (Å²) in [5.41, 5.74) is 12.5. The lowest BCUT2D eigenvalue weighted by molar-refractivity contribution is -0.117. The van der Waals surface area contributed by atoms with Crippen molar-refractivity contribution in [2.75, 3.05) is 11.1 Å². The Morgan fingerprint density at radius 2 is 1.90 bits per heavy atom. The fourth-order valence-corrected chi connectivity index (χ4v) is 1.77. The van der Waals surface area contributed by atoms with E-state index in [1.165, 1.54) is 6.20 Å². The third kappa shape index (κ3) is 3.11. The van der Waals surface area contributed by atoms with E-state index in [2.05, 4.69) is 10.3 Å². The van der Waals surface area contributed by atoms with Gasteiger partial charge in [0.15, 0.2) is 5.69 Å². The Hall–Kier alpha value is -2.89. The zero-order chi connectivity index (χ0) is 14.5. The lowest BCUT2D eigenvalue weighted by atomic mass is 10.1. The largest absolute Gasteiger partial charge is 0.397 e. The maximum absolute atomic E-state index is 12.1. The Kier molecular flexibility index (Phi) is 3.95. The van der Waals surface area contributed by atoms with Gasteiger partial charge in [-0.05, 0) is 23.8 Å². The van der Waals surface area contributed by atoms with Crippen LogP contribution in [0.1, 0.15) is 16.1 Å². The van der Waals surface area contributed by atoms with Crippen LogP contribution in [-0.2, 0) is 11.2 Å². The Labute approximate surface area is 115 Å². The molecule has 6 heteroatoms. The number of rotatable bonds is 4. The van der Waals surface area contributed by atoms with Crippen molar-refractivity contribution in [2.45, 2.75) is 6.42 Å². The summed E-state index contributed by atoms with van der Waals surface area (Å²) in [7, 11) is 0. The Morgan fingerprint density at radius 3 is 2.60 bits per heavy atom. The molecule has 5 N–H and O–H groups in total. The van der Waals surface area contributed by atoms with E-state index in [1.54, 1.807) is 36.4 Å². The molecule has 0 saturated heterocycles. The molecule has 1 aromatic heterocycles. The molecule has 1 aromatic carbocycles. The number of nitrogen functional groups attached to an aromatic ring is 1. The molecule has 0 saturated carbocycles. The highest BCUT2D eigenvalue weighted by Crippen LogP contribution is 2.17. The van der Waals surface area contributed by atoms with E-state index in [0.717, 1.165) is 0 Å². The van der Waals surface area contributed by atoms with E-state index in [9.17, 15) is 9.59 Å². The van der Waals surface area contributed by atoms with Crippen molar-refractivity contribution >= 4 is 23.2 Å². The third-order valence-electron chi connectivity index (χ3n) is 2.68. The number of benzene rings is 1. The lowest BCUT2D eigenvalue weighted by Crippen LogP contribution is -2.19. The van der Waals surface area contributed by atoms with Gasteiger partial charge in [-0.2, -0.15) is 0 Å². The second-order valence-electron chi connectivity index (χ2n) is 4.20. The summed E-state index contributed by atoms with van der Waals surface area (Å²) in [5.74, 6) is -0.899. The topological polar surface area (TPSA) is 111 Å². The number of aromatic nitrogens is 1. The zero-order valence-corrected chi connectivity index (χ0v) is 10.7. The smallest absolute Gasteiger partial charge is 0.276 e. The van der Waals surface area contributed by atoms with Crippen LogP contribution < -0.4 is 16.8 Å². The predicted octanol–water partition coefficient (Wildman–Crippen LogP) is 0.944. The fraction of sp³-hybridized carbons (Fsp3) is 0.0714. The van der Waals surface area contributed by atoms with Gasteiger partial charge in [-0.15, -0.1) is 0 Å². The number of hydrogen-bond acceptors (Lipinski definition) is 4. The molecule has 0 radical (unpaired) electrons. The SMILES string of the molecule is NC(=O)Cc1ccccc1NC(=O)c1ncccc1N. The molecule has 0 atom stereocenters. The highest BCUT2D eigenvalue weighted by molar-refractivity contribution is 6.06. The first kappa shape index (κ1) is 13.5. The number of para-hydroxylation sites is 1. The minimum Gasteiger partial charge on any atom is -0.397 e. The molecular weight excluding hydrogens is 256 g/mol. The molecule has 0 fully saturated rings. The summed E-state index contributed by atoms with van der Waals surface area (Å²) < 4.78 is 0. The van der Waals surface area contributed by atoms with Crippen molar-refractivity contribution in [3.63, 3.8) is 0 Å². The standard InChI is InChI=1S/C14H14N4O2/c15-10-5-3-7-17-13(10)14(20)18-11-6-2-1-4-9(11)8-12(16)19/h1-7H,8,15H2,(H2,16,19)(H,18,20). The quantitative estimate of drug-likeness (QED) is 0.767. The molecule has 0 spiro atoms. The molecule has 0 aliphatic carbocycles. The van der Waals surface area contributed by atoms with Crippen molar-refractivity contribution in [3.05, 3.63) is 53.9 Å². The van der Waals surface area contributed by atoms with Gasteiger partial charge in [-0.1, -0.05) is 18.2 Å². The fourth-order valence-electron chi connectivity index (χ4n) is 1.77. The van der Waals surface area contributed by atoms with Crippen LogP contribution in [0.4, 0.5) is 11.4 Å². The van der Waals surface area contributed by atoms with Crippen LogP contribution in [-0.4, -0.2) is 16.8 Å². The molecule has 2 rings (SSSR count). The molecule has 2 amide bonds. The molecule has 0 aliphatic heterocycles. The minimum absolute atomic E-state index is 0.0498. The van der Waals surface area contributed by atoms with E-state index < -0.39 is 11.8 Å². The van der Waals surface area contributed by atoms with Crippen molar-refractivity contribution < 1.29 is 9.59 Å². The van der Waals surface area contributed by atoms with Crippen LogP contribution in [0, 0.1) is 0 Å². The van der Waals surface area contributed by atoms with Gasteiger partial charge in [0.25, 0.3) is 5.91 Å². The Balaban J connectivity index is 2.24. The van der Waals surface area contributed by atoms with Crippen LogP contribution in [0.25, 0.3) is 0 Å². The normalized spacial score (nSPS) is 10.0. The maximum Gasteiger partial charge on any atom is 0.276 e. The number of amides is 2. The maximum atomic E-state index is 12.1. The minimum atomic E-state index is -0.468. The average molecular weight is 270 g/mol. The Morgan fingerprint density at radius 1 is 1.15 bits per heavy atom. The summed E-state index contributed by atoms with van der Waals surface area (Å²) in [4.78, 5) is 27.0. The van der Waals surface area contributed by atoms with Crippen molar-refractivity contribution in [1.82, 2.24) is 4.98 Å². The molecule has 102 valence electrons. The zero-order valence-electron chi connectivity index (χ0n) is 10.7. The molecule has 0 unspecified atom stereocenters. The van der Waals surface area contributed by atoms with Gasteiger partial charge in [-0.25, -0.2) is 4.98 Å². The van der Waals surface area contributed by atoms with E-state index >= 15 is 0 Å². The summed E-state index contributed by atoms with van der Waals surface area (Å²) in [5, 5.41) is 2.68. The van der Waals surface area contributed by atoms with Gasteiger partial charge in [0, 0.05) is 11.9 Å². The number of carbonyl (C=O) groups is 2. The van der Waals surface area contributed by atoms with Gasteiger partial charge in [0.2, 0.25) is 5.91 Å². The van der Waals surface area contributed by atoms with Gasteiger partial charge < -0.3 is 16.8 Å². The highest BCUT2D eigenvalue weighted by atomic mass is 16.2. The lowest BCUT2D eigenvalue weighted by Gasteiger charge is -2.10. The van der Waals surface area contributed by atoms with Gasteiger partial charge in [-0.3, -0.25) is 9.59 Å². The van der Waals surface area contributed by atoms with Crippen LogP contribution >= 0.6 is 0 Å². The van der Waals surface area contributed by atoms with Crippen molar-refractivity contribution in [2.24, 2.45) is 5.73 Å². The van der Waals surface area contributed by atoms with E-state index in [-0.39, 0.29) is 17.8 Å². The predicted molar refractivity (Wildman–Crippen MR) is 75.9 cm³/mol. The Bertz CT molecular complexity index is 655. The molecule has 1 heterocycles. The second-order valence-corrected chi connectivity index (χ2v) is 4.20. The monoisotopic (exact) mass is 270 g/mol. The van der Waals surface area contributed by atoms with Crippen LogP contribution in [0.2, 0.25) is 0 Å². The number of carbonyl (C=O) groups excluding carboxylic acids is 2. The van der Waals surface area contributed by atoms with Gasteiger partial charge >= 0.3 is 0 Å². The molecule has 0 bridgehead atoms. The molecule has 0 aliphatic rings. The van der Waals surface area contributed by atoms with Gasteiger partial charge in [0.05, 0.1) is 12.1 Å². The first-order valence-corrected chi connectivity index (χ1v) is 5.96. The molecule has 20 heavy (non-hydrogen) atoms. The van der Waals surface area contributed by atoms with Crippen molar-refractivity contribution in [1.29, 1.82) is 0 Å². The average Bonchev–Trinajstić information content (AvgIpc) is 2.41. The first-order chi connectivity index (χ1) is 9.58. The van der Waals surface area contributed by atoms with Crippen LogP contribution in [0.15, 0.2) is 42.6 Å². The summed E-state index contributed by atoms with van der Waals surface area (Å²) in [6.45, 7) is 0. The summed E-state index contributed by atoms with van der Waals surface area (Å²) >= 11 is 0. The number of hydrogen-bond donors (Lipinski definition) is 3. The molecule has 2 aromatic rings. The van der Waals surface area contributed by atoms with E-state index in [0.29, 0.717) is 11.3 Å². The van der Waals surface area contributed by atoms with Crippen molar-refractivity contribution in [3.8, 4) is 0 Å². The van der Waals surface area contributed by atoms with E-state index in [1.807, 2.05) is 0 Å². The number of primary amides is 1. The van der Waals surface area contributed by atoms with Crippen LogP contribution in [0.3, 0.4) is 0 Å². The highest BCUT2D eigenvalue weighted by Gasteiger charge is 2.13. The first-order valence-electron chi connectivity index (χ1n) is 5.96. The number of pyridine rings is 1. The van der Waals surface area contributed by atoms with Gasteiger partial charge in [0.1, 0.15) is 0 Å². The van der Waals surface area contributed by atoms with E-state index in [4.69, 9.17) is 11.5 Å². The number of anilines is 2. The summed E-state index contributed by atoms with van der Waals surface area (Å²) in [6, 6.07) is 10.2. The number of nitrogens with zero attached hydrogens (tertiary/aromatic N) is 1. The number of nitrogens with one attached hydrogen (secondary N) is 1. The number of nitrogens with two attached hydrogens (primary N) is 2. The molecular formula is C14H14N4O2. The van der Waals surface area contributed by atoms with Crippen LogP contribution in [0.5, 0.6) is 0 Å².